The van der Waals surface area contributed by atoms with Crippen molar-refractivity contribution < 1.29 is 9.31 Å². The molecule has 0 radical (unpaired) electrons. The van der Waals surface area contributed by atoms with Crippen LogP contribution in [0.15, 0.2) is 46.2 Å². The highest BCUT2D eigenvalue weighted by Gasteiger charge is 2.20. The van der Waals surface area contributed by atoms with E-state index in [9.17, 15) is 14.5 Å². The maximum absolute atomic E-state index is 12.8. The molecule has 4 nitrogen and oxygen atoms in total. The van der Waals surface area contributed by atoms with Gasteiger partial charge in [0.1, 0.15) is 17.4 Å². The Morgan fingerprint density at radius 1 is 1.25 bits per heavy atom. The molecule has 7 heteroatoms. The van der Waals surface area contributed by atoms with Gasteiger partial charge in [-0.3, -0.25) is 10.1 Å². The van der Waals surface area contributed by atoms with Gasteiger partial charge in [-0.2, -0.15) is 5.26 Å². The Hall–Kier alpha value is -2.10. The molecule has 0 heterocycles. The van der Waals surface area contributed by atoms with Crippen LogP contribution in [-0.2, 0) is 0 Å². The summed E-state index contributed by atoms with van der Waals surface area (Å²) < 4.78 is 12.8. The highest BCUT2D eigenvalue weighted by molar-refractivity contribution is 7.99. The van der Waals surface area contributed by atoms with Crippen LogP contribution in [0.3, 0.4) is 0 Å². The monoisotopic (exact) mass is 308 g/mol. The third-order valence-corrected chi connectivity index (χ3v) is 4.01. The molecule has 100 valence electrons. The van der Waals surface area contributed by atoms with Gasteiger partial charge in [0.15, 0.2) is 0 Å². The second-order valence-corrected chi connectivity index (χ2v) is 5.19. The van der Waals surface area contributed by atoms with E-state index in [1.54, 1.807) is 18.2 Å². The van der Waals surface area contributed by atoms with E-state index < -0.39 is 4.92 Å². The van der Waals surface area contributed by atoms with Crippen molar-refractivity contribution in [3.8, 4) is 6.07 Å². The Morgan fingerprint density at radius 3 is 2.45 bits per heavy atom. The van der Waals surface area contributed by atoms with Gasteiger partial charge in [0.2, 0.25) is 0 Å². The molecule has 20 heavy (non-hydrogen) atoms. The number of nitro groups is 1. The van der Waals surface area contributed by atoms with E-state index in [4.69, 9.17) is 16.9 Å². The predicted octanol–water partition coefficient (Wildman–Crippen LogP) is 4.41. The Morgan fingerprint density at radius 2 is 1.90 bits per heavy atom. The summed E-state index contributed by atoms with van der Waals surface area (Å²) in [4.78, 5) is 11.3. The summed E-state index contributed by atoms with van der Waals surface area (Å²) in [6.45, 7) is 0. The summed E-state index contributed by atoms with van der Waals surface area (Å²) in [6.07, 6.45) is 0. The lowest BCUT2D eigenvalue weighted by atomic mass is 10.2. The second kappa shape index (κ2) is 5.90. The van der Waals surface area contributed by atoms with Crippen LogP contribution in [0.1, 0.15) is 5.56 Å². The Balaban J connectivity index is 2.41. The third-order valence-electron chi connectivity index (χ3n) is 2.43. The van der Waals surface area contributed by atoms with Crippen molar-refractivity contribution in [2.45, 2.75) is 9.79 Å². The molecular formula is C13H6ClFN2O2S. The van der Waals surface area contributed by atoms with Crippen LogP contribution in [0.25, 0.3) is 0 Å². The quantitative estimate of drug-likeness (QED) is 0.622. The molecule has 0 unspecified atom stereocenters. The lowest BCUT2D eigenvalue weighted by Gasteiger charge is -2.06. The molecular weight excluding hydrogens is 303 g/mol. The van der Waals surface area contributed by atoms with Gasteiger partial charge >= 0.3 is 0 Å². The van der Waals surface area contributed by atoms with Crippen LogP contribution in [0.2, 0.25) is 5.02 Å². The number of benzene rings is 2. The highest BCUT2D eigenvalue weighted by Crippen LogP contribution is 2.38. The Labute approximate surface area is 122 Å². The summed E-state index contributed by atoms with van der Waals surface area (Å²) in [6, 6.07) is 10.1. The summed E-state index contributed by atoms with van der Waals surface area (Å²) >= 11 is 7.22. The van der Waals surface area contributed by atoms with Gasteiger partial charge in [0, 0.05) is 15.9 Å². The molecule has 0 bridgehead atoms. The van der Waals surface area contributed by atoms with E-state index in [0.29, 0.717) is 9.79 Å². The van der Waals surface area contributed by atoms with Gasteiger partial charge in [-0.1, -0.05) is 23.4 Å². The molecule has 0 saturated carbocycles. The van der Waals surface area contributed by atoms with Crippen molar-refractivity contribution in [2.24, 2.45) is 0 Å². The lowest BCUT2D eigenvalue weighted by Crippen LogP contribution is -1.94. The zero-order chi connectivity index (χ0) is 14.7. The van der Waals surface area contributed by atoms with Crippen molar-refractivity contribution >= 4 is 29.1 Å². The highest BCUT2D eigenvalue weighted by atomic mass is 35.5. The molecule has 0 spiro atoms. The Bertz CT molecular complexity index is 714. The fraction of sp³-hybridized carbons (Fsp3) is 0. The summed E-state index contributed by atoms with van der Waals surface area (Å²) in [7, 11) is 0. The first-order valence-corrected chi connectivity index (χ1v) is 6.53. The van der Waals surface area contributed by atoms with Gasteiger partial charge < -0.3 is 0 Å². The normalized spacial score (nSPS) is 10.1. The fourth-order valence-corrected chi connectivity index (χ4v) is 2.69. The molecule has 0 aliphatic heterocycles. The van der Waals surface area contributed by atoms with Crippen LogP contribution in [-0.4, -0.2) is 4.92 Å². The molecule has 0 aliphatic carbocycles. The number of halogens is 2. The van der Waals surface area contributed by atoms with Crippen molar-refractivity contribution in [3.05, 3.63) is 62.9 Å². The number of nitrogens with zero attached hydrogens (tertiary/aromatic N) is 2. The molecule has 0 fully saturated rings. The minimum absolute atomic E-state index is 0.0241. The van der Waals surface area contributed by atoms with Gasteiger partial charge in [-0.15, -0.1) is 0 Å². The summed E-state index contributed by atoms with van der Waals surface area (Å²) in [5.41, 5.74) is -0.510. The average molecular weight is 309 g/mol. The molecule has 2 aromatic rings. The maximum atomic E-state index is 12.8. The number of rotatable bonds is 3. The van der Waals surface area contributed by atoms with Crippen molar-refractivity contribution in [1.82, 2.24) is 0 Å². The van der Waals surface area contributed by atoms with Gasteiger partial charge in [0.25, 0.3) is 5.69 Å². The summed E-state index contributed by atoms with van der Waals surface area (Å²) in [5, 5.41) is 19.8. The maximum Gasteiger partial charge on any atom is 0.288 e. The van der Waals surface area contributed by atoms with Crippen molar-refractivity contribution in [2.75, 3.05) is 0 Å². The van der Waals surface area contributed by atoms with E-state index in [-0.39, 0.29) is 22.1 Å². The van der Waals surface area contributed by atoms with Crippen molar-refractivity contribution in [3.63, 3.8) is 0 Å². The topological polar surface area (TPSA) is 66.9 Å². The summed E-state index contributed by atoms with van der Waals surface area (Å²) in [5.74, 6) is -0.359. The number of nitriles is 1. The molecule has 2 rings (SSSR count). The molecule has 0 saturated heterocycles. The van der Waals surface area contributed by atoms with Crippen molar-refractivity contribution in [1.29, 1.82) is 5.26 Å². The fourth-order valence-electron chi connectivity index (χ4n) is 1.51. The largest absolute Gasteiger partial charge is 0.288 e. The van der Waals surface area contributed by atoms with Crippen LogP contribution >= 0.6 is 23.4 Å². The number of hydrogen-bond acceptors (Lipinski definition) is 4. The molecule has 0 aliphatic rings. The van der Waals surface area contributed by atoms with Crippen LogP contribution < -0.4 is 0 Å². The zero-order valence-corrected chi connectivity index (χ0v) is 11.4. The average Bonchev–Trinajstić information content (AvgIpc) is 2.43. The van der Waals surface area contributed by atoms with E-state index >= 15 is 0 Å². The van der Waals surface area contributed by atoms with Crippen LogP contribution in [0, 0.1) is 27.3 Å². The number of nitro benzene ring substituents is 1. The second-order valence-electron chi connectivity index (χ2n) is 3.70. The van der Waals surface area contributed by atoms with E-state index in [1.807, 2.05) is 0 Å². The smallest absolute Gasteiger partial charge is 0.258 e. The first-order valence-electron chi connectivity index (χ1n) is 5.33. The van der Waals surface area contributed by atoms with Gasteiger partial charge in [-0.25, -0.2) is 4.39 Å². The molecule has 0 amide bonds. The lowest BCUT2D eigenvalue weighted by molar-refractivity contribution is -0.385. The van der Waals surface area contributed by atoms with Crippen LogP contribution in [0.5, 0.6) is 0 Å². The molecule has 0 aromatic heterocycles. The minimum Gasteiger partial charge on any atom is -0.258 e. The predicted molar refractivity (Wildman–Crippen MR) is 73.3 cm³/mol. The van der Waals surface area contributed by atoms with E-state index in [2.05, 4.69) is 0 Å². The third kappa shape index (κ3) is 2.90. The first-order chi connectivity index (χ1) is 9.52. The SMILES string of the molecule is N#Cc1c([N+](=O)[O-])ccc(Sc2ccc(F)cc2)c1Cl. The molecule has 2 aromatic carbocycles. The minimum atomic E-state index is -0.656. The number of hydrogen-bond donors (Lipinski definition) is 0. The van der Waals surface area contributed by atoms with Gasteiger partial charge in [-0.05, 0) is 30.3 Å². The molecule has 0 atom stereocenters. The molecule has 0 N–H and O–H groups in total. The Kier molecular flexibility index (Phi) is 4.23. The van der Waals surface area contributed by atoms with E-state index in [0.717, 1.165) is 0 Å². The van der Waals surface area contributed by atoms with Gasteiger partial charge in [0.05, 0.1) is 9.95 Å². The zero-order valence-electron chi connectivity index (χ0n) is 9.84. The standard InChI is InChI=1S/C13H6ClFN2O2S/c14-13-10(7-16)11(17(18)19)5-6-12(13)20-9-3-1-8(15)2-4-9/h1-6H. The van der Waals surface area contributed by atoms with Crippen LogP contribution in [0.4, 0.5) is 10.1 Å². The van der Waals surface area contributed by atoms with E-state index in [1.165, 1.54) is 36.0 Å². The first kappa shape index (κ1) is 14.3.